The normalized spacial score (nSPS) is 11.4. The van der Waals surface area contributed by atoms with Crippen molar-refractivity contribution in [1.29, 1.82) is 0 Å². The van der Waals surface area contributed by atoms with E-state index in [1.54, 1.807) is 6.07 Å². The first-order valence-electron chi connectivity index (χ1n) is 4.96. The summed E-state index contributed by atoms with van der Waals surface area (Å²) >= 11 is 4.46. The summed E-state index contributed by atoms with van der Waals surface area (Å²) in [4.78, 5) is 0. The standard InChI is InChI=1S/C11H10BrNO3S2/c1-7-6-10(17-11(7)12)18(15,16)13-8-2-4-9(14)5-3-8/h2-6,13-14H,1H3. The van der Waals surface area contributed by atoms with Crippen LogP contribution in [0.5, 0.6) is 5.75 Å². The van der Waals surface area contributed by atoms with Gasteiger partial charge < -0.3 is 5.11 Å². The predicted octanol–water partition coefficient (Wildman–Crippen LogP) is 3.33. The Labute approximate surface area is 117 Å². The van der Waals surface area contributed by atoms with Gasteiger partial charge in [-0.1, -0.05) is 0 Å². The molecule has 0 aliphatic rings. The zero-order chi connectivity index (χ0) is 13.3. The van der Waals surface area contributed by atoms with Crippen LogP contribution in [0.25, 0.3) is 0 Å². The third kappa shape index (κ3) is 2.85. The third-order valence-electron chi connectivity index (χ3n) is 2.22. The van der Waals surface area contributed by atoms with Crippen molar-refractivity contribution in [3.05, 3.63) is 39.7 Å². The second-order valence-electron chi connectivity index (χ2n) is 3.67. The molecule has 0 aliphatic carbocycles. The van der Waals surface area contributed by atoms with Crippen LogP contribution in [0.4, 0.5) is 5.69 Å². The minimum atomic E-state index is -3.57. The lowest BCUT2D eigenvalue weighted by Gasteiger charge is -2.05. The topological polar surface area (TPSA) is 66.4 Å². The number of phenols is 1. The number of hydrogen-bond acceptors (Lipinski definition) is 4. The van der Waals surface area contributed by atoms with Gasteiger partial charge in [0, 0.05) is 5.69 Å². The van der Waals surface area contributed by atoms with Crippen LogP contribution in [-0.2, 0) is 10.0 Å². The summed E-state index contributed by atoms with van der Waals surface area (Å²) in [5.74, 6) is 0.0904. The highest BCUT2D eigenvalue weighted by molar-refractivity contribution is 9.11. The molecule has 0 bridgehead atoms. The maximum Gasteiger partial charge on any atom is 0.271 e. The van der Waals surface area contributed by atoms with Crippen LogP contribution in [0.2, 0.25) is 0 Å². The average Bonchev–Trinajstić information content (AvgIpc) is 2.63. The molecule has 0 amide bonds. The third-order valence-corrected chi connectivity index (χ3v) is 6.21. The van der Waals surface area contributed by atoms with Crippen molar-refractivity contribution < 1.29 is 13.5 Å². The van der Waals surface area contributed by atoms with Crippen LogP contribution in [-0.4, -0.2) is 13.5 Å². The number of benzene rings is 1. The molecular weight excluding hydrogens is 338 g/mol. The lowest BCUT2D eigenvalue weighted by molar-refractivity contribution is 0.475. The van der Waals surface area contributed by atoms with E-state index in [0.29, 0.717) is 5.69 Å². The number of halogens is 1. The van der Waals surface area contributed by atoms with Crippen molar-refractivity contribution in [1.82, 2.24) is 0 Å². The predicted molar refractivity (Wildman–Crippen MR) is 75.7 cm³/mol. The summed E-state index contributed by atoms with van der Waals surface area (Å²) in [6.07, 6.45) is 0. The number of phenolic OH excluding ortho intramolecular Hbond substituents is 1. The fraction of sp³-hybridized carbons (Fsp3) is 0.0909. The molecule has 1 aromatic heterocycles. The van der Waals surface area contributed by atoms with Crippen molar-refractivity contribution >= 4 is 43.0 Å². The molecule has 0 unspecified atom stereocenters. The van der Waals surface area contributed by atoms with E-state index in [1.807, 2.05) is 6.92 Å². The Morgan fingerprint density at radius 1 is 1.28 bits per heavy atom. The highest BCUT2D eigenvalue weighted by Crippen LogP contribution is 2.31. The number of thiophene rings is 1. The van der Waals surface area contributed by atoms with Gasteiger partial charge in [-0.05, 0) is 58.7 Å². The molecule has 0 spiro atoms. The summed E-state index contributed by atoms with van der Waals surface area (Å²) in [5, 5.41) is 9.13. The molecule has 18 heavy (non-hydrogen) atoms. The largest absolute Gasteiger partial charge is 0.508 e. The molecule has 0 atom stereocenters. The van der Waals surface area contributed by atoms with Gasteiger partial charge in [-0.2, -0.15) is 0 Å². The highest BCUT2D eigenvalue weighted by Gasteiger charge is 2.18. The number of rotatable bonds is 3. The molecule has 0 fully saturated rings. The number of nitrogens with one attached hydrogen (secondary N) is 1. The minimum absolute atomic E-state index is 0.0904. The molecule has 2 N–H and O–H groups in total. The van der Waals surface area contributed by atoms with Gasteiger partial charge in [0.25, 0.3) is 10.0 Å². The zero-order valence-electron chi connectivity index (χ0n) is 9.34. The molecule has 1 heterocycles. The number of aryl methyl sites for hydroxylation is 1. The summed E-state index contributed by atoms with van der Waals surface area (Å²) in [6, 6.07) is 7.46. The van der Waals surface area contributed by atoms with Crippen LogP contribution in [0, 0.1) is 6.92 Å². The van der Waals surface area contributed by atoms with Gasteiger partial charge in [0.15, 0.2) is 0 Å². The monoisotopic (exact) mass is 347 g/mol. The van der Waals surface area contributed by atoms with E-state index in [-0.39, 0.29) is 9.96 Å². The summed E-state index contributed by atoms with van der Waals surface area (Å²) in [7, 11) is -3.57. The van der Waals surface area contributed by atoms with Crippen LogP contribution in [0.1, 0.15) is 5.56 Å². The number of anilines is 1. The average molecular weight is 348 g/mol. The lowest BCUT2D eigenvalue weighted by atomic mass is 10.3. The van der Waals surface area contributed by atoms with Gasteiger partial charge >= 0.3 is 0 Å². The maximum absolute atomic E-state index is 12.1. The van der Waals surface area contributed by atoms with E-state index in [4.69, 9.17) is 5.11 Å². The van der Waals surface area contributed by atoms with Crippen molar-refractivity contribution in [2.75, 3.05) is 4.72 Å². The fourth-order valence-electron chi connectivity index (χ4n) is 1.30. The van der Waals surface area contributed by atoms with Crippen LogP contribution < -0.4 is 4.72 Å². The van der Waals surface area contributed by atoms with E-state index >= 15 is 0 Å². The summed E-state index contributed by atoms with van der Waals surface area (Å²) in [6.45, 7) is 1.83. The molecule has 2 aromatic rings. The van der Waals surface area contributed by atoms with E-state index < -0.39 is 10.0 Å². The Kier molecular flexibility index (Phi) is 3.65. The molecular formula is C11H10BrNO3S2. The fourth-order valence-corrected chi connectivity index (χ4v) is 4.58. The van der Waals surface area contributed by atoms with Crippen LogP contribution in [0.15, 0.2) is 38.3 Å². The Hall–Kier alpha value is -1.05. The number of aromatic hydroxyl groups is 1. The molecule has 0 saturated carbocycles. The zero-order valence-corrected chi connectivity index (χ0v) is 12.6. The van der Waals surface area contributed by atoms with Crippen molar-refractivity contribution in [3.63, 3.8) is 0 Å². The molecule has 96 valence electrons. The quantitative estimate of drug-likeness (QED) is 0.837. The van der Waals surface area contributed by atoms with Crippen molar-refractivity contribution in [3.8, 4) is 5.75 Å². The maximum atomic E-state index is 12.1. The molecule has 0 radical (unpaired) electrons. The van der Waals surface area contributed by atoms with Gasteiger partial charge in [-0.3, -0.25) is 4.72 Å². The second kappa shape index (κ2) is 4.91. The van der Waals surface area contributed by atoms with E-state index in [2.05, 4.69) is 20.7 Å². The first-order chi connectivity index (χ1) is 8.38. The van der Waals surface area contributed by atoms with E-state index in [1.165, 1.54) is 24.3 Å². The second-order valence-corrected chi connectivity index (χ2v) is 7.95. The van der Waals surface area contributed by atoms with Crippen molar-refractivity contribution in [2.24, 2.45) is 0 Å². The molecule has 4 nitrogen and oxygen atoms in total. The van der Waals surface area contributed by atoms with Gasteiger partial charge in [0.1, 0.15) is 9.96 Å². The summed E-state index contributed by atoms with van der Waals surface area (Å²) in [5.41, 5.74) is 1.29. The minimum Gasteiger partial charge on any atom is -0.508 e. The van der Waals surface area contributed by atoms with Gasteiger partial charge in [-0.25, -0.2) is 8.42 Å². The molecule has 2 rings (SSSR count). The Morgan fingerprint density at radius 3 is 2.39 bits per heavy atom. The van der Waals surface area contributed by atoms with Gasteiger partial charge in [-0.15, -0.1) is 11.3 Å². The smallest absolute Gasteiger partial charge is 0.271 e. The van der Waals surface area contributed by atoms with Gasteiger partial charge in [0.2, 0.25) is 0 Å². The first-order valence-corrected chi connectivity index (χ1v) is 8.05. The van der Waals surface area contributed by atoms with Crippen LogP contribution in [0.3, 0.4) is 0 Å². The molecule has 0 saturated heterocycles. The molecule has 1 aromatic carbocycles. The highest BCUT2D eigenvalue weighted by atomic mass is 79.9. The van der Waals surface area contributed by atoms with Crippen molar-refractivity contribution in [2.45, 2.75) is 11.1 Å². The first kappa shape index (κ1) is 13.4. The van der Waals surface area contributed by atoms with E-state index in [9.17, 15) is 8.42 Å². The van der Waals surface area contributed by atoms with E-state index in [0.717, 1.165) is 20.7 Å². The molecule has 0 aliphatic heterocycles. The number of sulfonamides is 1. The Balaban J connectivity index is 2.29. The van der Waals surface area contributed by atoms with Gasteiger partial charge in [0.05, 0.1) is 3.79 Å². The molecule has 7 heteroatoms. The SMILES string of the molecule is Cc1cc(S(=O)(=O)Nc2ccc(O)cc2)sc1Br. The summed E-state index contributed by atoms with van der Waals surface area (Å²) < 4.78 is 27.6. The lowest BCUT2D eigenvalue weighted by Crippen LogP contribution is -2.11. The number of hydrogen-bond donors (Lipinski definition) is 2. The Bertz CT molecular complexity index is 643. The van der Waals surface area contributed by atoms with Crippen LogP contribution >= 0.6 is 27.3 Å². The Morgan fingerprint density at radius 2 is 1.89 bits per heavy atom.